The van der Waals surface area contributed by atoms with Crippen LogP contribution in [0.3, 0.4) is 0 Å². The fraction of sp³-hybridized carbons (Fsp3) is 0.786. The van der Waals surface area contributed by atoms with Crippen LogP contribution in [0.5, 0.6) is 0 Å². The molecule has 98 valence electrons. The number of hydrogen-bond donors (Lipinski definition) is 0. The van der Waals surface area contributed by atoms with E-state index in [1.165, 1.54) is 5.57 Å². The fourth-order valence-corrected chi connectivity index (χ4v) is 2.29. The van der Waals surface area contributed by atoms with Crippen LogP contribution in [-0.4, -0.2) is 36.6 Å². The van der Waals surface area contributed by atoms with Gasteiger partial charge in [-0.3, -0.25) is 0 Å². The van der Waals surface area contributed by atoms with Crippen molar-refractivity contribution >= 4 is 5.97 Å². The average Bonchev–Trinajstić information content (AvgIpc) is 2.53. The van der Waals surface area contributed by atoms with Gasteiger partial charge in [0.05, 0.1) is 6.61 Å². The van der Waals surface area contributed by atoms with E-state index in [-0.39, 0.29) is 5.97 Å². The summed E-state index contributed by atoms with van der Waals surface area (Å²) in [5.74, 6) is -0.138. The quantitative estimate of drug-likeness (QED) is 0.560. The minimum absolute atomic E-state index is 0.138. The van der Waals surface area contributed by atoms with E-state index in [0.717, 1.165) is 37.9 Å². The van der Waals surface area contributed by atoms with Gasteiger partial charge in [-0.1, -0.05) is 5.57 Å². The lowest BCUT2D eigenvalue weighted by molar-refractivity contribution is -0.138. The highest BCUT2D eigenvalue weighted by molar-refractivity contribution is 5.88. The van der Waals surface area contributed by atoms with Crippen molar-refractivity contribution in [1.29, 1.82) is 0 Å². The molecule has 0 spiro atoms. The van der Waals surface area contributed by atoms with Crippen molar-refractivity contribution in [3.8, 4) is 0 Å². The van der Waals surface area contributed by atoms with Crippen molar-refractivity contribution in [1.82, 2.24) is 4.90 Å². The second-order valence-electron chi connectivity index (χ2n) is 4.93. The Morgan fingerprint density at radius 3 is 2.65 bits per heavy atom. The van der Waals surface area contributed by atoms with E-state index in [1.807, 2.05) is 13.8 Å². The molecule has 1 fully saturated rings. The van der Waals surface area contributed by atoms with E-state index in [9.17, 15) is 4.79 Å². The van der Waals surface area contributed by atoms with Crippen LogP contribution in [0.2, 0.25) is 0 Å². The van der Waals surface area contributed by atoms with Gasteiger partial charge in [0.1, 0.15) is 0 Å². The Hall–Kier alpha value is -0.830. The predicted molar refractivity (Wildman–Crippen MR) is 69.9 cm³/mol. The SMILES string of the molecule is CCOC(=O)C(C)=C1CCCN(C(C)C)CC1. The Morgan fingerprint density at radius 1 is 1.35 bits per heavy atom. The zero-order chi connectivity index (χ0) is 12.8. The molecular formula is C14H25NO2. The molecule has 1 rings (SSSR count). The zero-order valence-corrected chi connectivity index (χ0v) is 11.6. The number of likely N-dealkylation sites (tertiary alicyclic amines) is 1. The van der Waals surface area contributed by atoms with E-state index in [1.54, 1.807) is 0 Å². The summed E-state index contributed by atoms with van der Waals surface area (Å²) in [6.45, 7) is 10.9. The highest BCUT2D eigenvalue weighted by atomic mass is 16.5. The first-order valence-electron chi connectivity index (χ1n) is 6.66. The summed E-state index contributed by atoms with van der Waals surface area (Å²) >= 11 is 0. The first kappa shape index (κ1) is 14.2. The van der Waals surface area contributed by atoms with Crippen molar-refractivity contribution in [2.75, 3.05) is 19.7 Å². The highest BCUT2D eigenvalue weighted by Gasteiger charge is 2.18. The Labute approximate surface area is 105 Å². The second-order valence-corrected chi connectivity index (χ2v) is 4.93. The van der Waals surface area contributed by atoms with Crippen LogP contribution in [-0.2, 0) is 9.53 Å². The van der Waals surface area contributed by atoms with Gasteiger partial charge in [-0.05, 0) is 53.5 Å². The number of carbonyl (C=O) groups excluding carboxylic acids is 1. The third kappa shape index (κ3) is 4.15. The molecule has 0 bridgehead atoms. The van der Waals surface area contributed by atoms with Crippen LogP contribution in [0.25, 0.3) is 0 Å². The summed E-state index contributed by atoms with van der Waals surface area (Å²) in [5, 5.41) is 0. The molecule has 0 amide bonds. The molecular weight excluding hydrogens is 214 g/mol. The maximum Gasteiger partial charge on any atom is 0.333 e. The molecule has 0 atom stereocenters. The summed E-state index contributed by atoms with van der Waals surface area (Å²) in [4.78, 5) is 14.2. The average molecular weight is 239 g/mol. The largest absolute Gasteiger partial charge is 0.463 e. The molecule has 3 heteroatoms. The summed E-state index contributed by atoms with van der Waals surface area (Å²) in [7, 11) is 0. The zero-order valence-electron chi connectivity index (χ0n) is 11.6. The van der Waals surface area contributed by atoms with Crippen LogP contribution in [0.4, 0.5) is 0 Å². The standard InChI is InChI=1S/C14H25NO2/c1-5-17-14(16)12(4)13-7-6-9-15(10-8-13)11(2)3/h11H,5-10H2,1-4H3. The first-order chi connectivity index (χ1) is 8.06. The van der Waals surface area contributed by atoms with Gasteiger partial charge in [0.2, 0.25) is 0 Å². The molecule has 0 radical (unpaired) electrons. The van der Waals surface area contributed by atoms with Crippen molar-refractivity contribution < 1.29 is 9.53 Å². The van der Waals surface area contributed by atoms with E-state index >= 15 is 0 Å². The lowest BCUT2D eigenvalue weighted by Crippen LogP contribution is -2.31. The van der Waals surface area contributed by atoms with E-state index in [0.29, 0.717) is 12.6 Å². The molecule has 0 aromatic carbocycles. The topological polar surface area (TPSA) is 29.5 Å². The predicted octanol–water partition coefficient (Wildman–Crippen LogP) is 2.76. The van der Waals surface area contributed by atoms with Crippen molar-refractivity contribution in [2.45, 2.75) is 53.0 Å². The fourth-order valence-electron chi connectivity index (χ4n) is 2.29. The smallest absolute Gasteiger partial charge is 0.333 e. The van der Waals surface area contributed by atoms with Crippen LogP contribution >= 0.6 is 0 Å². The Bertz CT molecular complexity index is 295. The normalized spacial score (nSPS) is 21.2. The molecule has 0 unspecified atom stereocenters. The van der Waals surface area contributed by atoms with Crippen LogP contribution in [0.15, 0.2) is 11.1 Å². The maximum absolute atomic E-state index is 11.7. The molecule has 0 N–H and O–H groups in total. The van der Waals surface area contributed by atoms with Gasteiger partial charge in [-0.2, -0.15) is 0 Å². The number of carbonyl (C=O) groups is 1. The molecule has 3 nitrogen and oxygen atoms in total. The lowest BCUT2D eigenvalue weighted by atomic mass is 10.0. The molecule has 1 aliphatic rings. The summed E-state index contributed by atoms with van der Waals surface area (Å²) in [5.41, 5.74) is 2.11. The first-order valence-corrected chi connectivity index (χ1v) is 6.66. The van der Waals surface area contributed by atoms with Gasteiger partial charge in [-0.25, -0.2) is 4.79 Å². The molecule has 0 aromatic rings. The summed E-state index contributed by atoms with van der Waals surface area (Å²) < 4.78 is 5.06. The van der Waals surface area contributed by atoms with Crippen LogP contribution in [0, 0.1) is 0 Å². The third-order valence-corrected chi connectivity index (χ3v) is 3.47. The van der Waals surface area contributed by atoms with Gasteiger partial charge >= 0.3 is 5.97 Å². The maximum atomic E-state index is 11.7. The lowest BCUT2D eigenvalue weighted by Gasteiger charge is -2.23. The second kappa shape index (κ2) is 6.80. The third-order valence-electron chi connectivity index (χ3n) is 3.47. The highest BCUT2D eigenvalue weighted by Crippen LogP contribution is 2.21. The molecule has 1 aliphatic heterocycles. The van der Waals surface area contributed by atoms with Crippen molar-refractivity contribution in [2.24, 2.45) is 0 Å². The molecule has 0 saturated carbocycles. The molecule has 1 heterocycles. The van der Waals surface area contributed by atoms with Gasteiger partial charge < -0.3 is 9.64 Å². The summed E-state index contributed by atoms with van der Waals surface area (Å²) in [6.07, 6.45) is 3.18. The van der Waals surface area contributed by atoms with Crippen LogP contribution in [0.1, 0.15) is 47.0 Å². The van der Waals surface area contributed by atoms with Gasteiger partial charge in [0.25, 0.3) is 0 Å². The van der Waals surface area contributed by atoms with Gasteiger partial charge in [-0.15, -0.1) is 0 Å². The number of esters is 1. The molecule has 1 saturated heterocycles. The van der Waals surface area contributed by atoms with Gasteiger partial charge in [0.15, 0.2) is 0 Å². The Kier molecular flexibility index (Phi) is 5.69. The minimum Gasteiger partial charge on any atom is -0.463 e. The molecule has 17 heavy (non-hydrogen) atoms. The molecule has 0 aliphatic carbocycles. The van der Waals surface area contributed by atoms with Gasteiger partial charge in [0, 0.05) is 18.2 Å². The van der Waals surface area contributed by atoms with E-state index in [4.69, 9.17) is 4.74 Å². The van der Waals surface area contributed by atoms with Crippen LogP contribution < -0.4 is 0 Å². The number of nitrogens with zero attached hydrogens (tertiary/aromatic N) is 1. The minimum atomic E-state index is -0.138. The van der Waals surface area contributed by atoms with Crippen molar-refractivity contribution in [3.05, 3.63) is 11.1 Å². The van der Waals surface area contributed by atoms with E-state index in [2.05, 4.69) is 18.7 Å². The number of ether oxygens (including phenoxy) is 1. The van der Waals surface area contributed by atoms with E-state index < -0.39 is 0 Å². The molecule has 0 aromatic heterocycles. The number of rotatable bonds is 3. The van der Waals surface area contributed by atoms with Crippen molar-refractivity contribution in [3.63, 3.8) is 0 Å². The Balaban J connectivity index is 2.66. The Morgan fingerprint density at radius 2 is 2.06 bits per heavy atom. The monoisotopic (exact) mass is 239 g/mol. The summed E-state index contributed by atoms with van der Waals surface area (Å²) in [6, 6.07) is 0.595. The number of hydrogen-bond acceptors (Lipinski definition) is 3.